The zero-order chi connectivity index (χ0) is 20.0. The van der Waals surface area contributed by atoms with Gasteiger partial charge in [-0.05, 0) is 36.8 Å². The Morgan fingerprint density at radius 3 is 2.52 bits per heavy atom. The van der Waals surface area contributed by atoms with Crippen molar-refractivity contribution in [3.8, 4) is 0 Å². The summed E-state index contributed by atoms with van der Waals surface area (Å²) in [4.78, 5) is 35.4. The second kappa shape index (κ2) is 9.69. The van der Waals surface area contributed by atoms with E-state index in [0.29, 0.717) is 12.5 Å². The first kappa shape index (κ1) is 21.2. The third-order valence-corrected chi connectivity index (χ3v) is 5.25. The van der Waals surface area contributed by atoms with Gasteiger partial charge in [-0.25, -0.2) is 0 Å². The fourth-order valence-corrected chi connectivity index (χ4v) is 3.49. The molecule has 2 amide bonds. The van der Waals surface area contributed by atoms with Gasteiger partial charge in [0.15, 0.2) is 0 Å². The summed E-state index contributed by atoms with van der Waals surface area (Å²) in [5, 5.41) is 16.6. The standard InChI is InChI=1S/C19H26ClN3O4/c1-12(2)17(19(25)21-11-13-6-4-3-5-7-13)22-18(24)14-8-9-15(20)16(10-14)23(26)27/h8-10,12-13,17H,3-7,11H2,1-2H3,(H,21,25)(H,22,24)/t17-/m0/s1. The Bertz CT molecular complexity index is 702. The van der Waals surface area contributed by atoms with E-state index in [1.165, 1.54) is 31.4 Å². The van der Waals surface area contributed by atoms with E-state index in [1.54, 1.807) is 0 Å². The Kier molecular flexibility index (Phi) is 7.59. The maximum absolute atomic E-state index is 12.6. The van der Waals surface area contributed by atoms with E-state index in [9.17, 15) is 19.7 Å². The summed E-state index contributed by atoms with van der Waals surface area (Å²) >= 11 is 5.78. The van der Waals surface area contributed by atoms with Gasteiger partial charge in [0.05, 0.1) is 4.92 Å². The Morgan fingerprint density at radius 2 is 1.93 bits per heavy atom. The second-order valence-corrected chi connectivity index (χ2v) is 7.77. The predicted molar refractivity (Wildman–Crippen MR) is 104 cm³/mol. The van der Waals surface area contributed by atoms with Crippen LogP contribution in [0.4, 0.5) is 5.69 Å². The van der Waals surface area contributed by atoms with Crippen LogP contribution >= 0.6 is 11.6 Å². The van der Waals surface area contributed by atoms with Crippen LogP contribution in [0.2, 0.25) is 5.02 Å². The average molecular weight is 396 g/mol. The van der Waals surface area contributed by atoms with Crippen LogP contribution in [0.3, 0.4) is 0 Å². The first-order valence-corrected chi connectivity index (χ1v) is 9.70. The Hall–Kier alpha value is -2.15. The van der Waals surface area contributed by atoms with E-state index in [-0.39, 0.29) is 28.1 Å². The summed E-state index contributed by atoms with van der Waals surface area (Å²) in [6.45, 7) is 4.30. The number of halogens is 1. The molecule has 1 aromatic carbocycles. The van der Waals surface area contributed by atoms with Crippen molar-refractivity contribution in [2.75, 3.05) is 6.54 Å². The van der Waals surface area contributed by atoms with E-state index < -0.39 is 16.9 Å². The Balaban J connectivity index is 2.02. The highest BCUT2D eigenvalue weighted by Crippen LogP contribution is 2.25. The zero-order valence-corrected chi connectivity index (χ0v) is 16.4. The highest BCUT2D eigenvalue weighted by atomic mass is 35.5. The van der Waals surface area contributed by atoms with Gasteiger partial charge >= 0.3 is 0 Å². The normalized spacial score (nSPS) is 16.0. The summed E-state index contributed by atoms with van der Waals surface area (Å²) in [7, 11) is 0. The number of rotatable bonds is 7. The zero-order valence-electron chi connectivity index (χ0n) is 15.7. The molecule has 0 spiro atoms. The number of nitro benzene ring substituents is 1. The number of benzene rings is 1. The summed E-state index contributed by atoms with van der Waals surface area (Å²) in [6, 6.07) is 3.12. The number of nitro groups is 1. The smallest absolute Gasteiger partial charge is 0.288 e. The molecule has 0 saturated heterocycles. The highest BCUT2D eigenvalue weighted by molar-refractivity contribution is 6.32. The van der Waals surface area contributed by atoms with Gasteiger partial charge in [0.1, 0.15) is 11.1 Å². The first-order chi connectivity index (χ1) is 12.8. The van der Waals surface area contributed by atoms with Crippen LogP contribution in [0.1, 0.15) is 56.3 Å². The molecule has 8 heteroatoms. The van der Waals surface area contributed by atoms with Crippen molar-refractivity contribution >= 4 is 29.1 Å². The Labute approximate surface area is 164 Å². The molecular weight excluding hydrogens is 370 g/mol. The molecule has 1 aliphatic carbocycles. The lowest BCUT2D eigenvalue weighted by Crippen LogP contribution is -2.50. The SMILES string of the molecule is CC(C)[C@H](NC(=O)c1ccc(Cl)c([N+](=O)[O-])c1)C(=O)NCC1CCCCC1. The van der Waals surface area contributed by atoms with Crippen LogP contribution in [-0.2, 0) is 4.79 Å². The summed E-state index contributed by atoms with van der Waals surface area (Å²) < 4.78 is 0. The topological polar surface area (TPSA) is 101 Å². The summed E-state index contributed by atoms with van der Waals surface area (Å²) in [6.07, 6.45) is 5.88. The molecular formula is C19H26ClN3O4. The summed E-state index contributed by atoms with van der Waals surface area (Å²) in [5.74, 6) is -0.401. The van der Waals surface area contributed by atoms with E-state index in [1.807, 2.05) is 13.8 Å². The van der Waals surface area contributed by atoms with E-state index in [2.05, 4.69) is 10.6 Å². The van der Waals surface area contributed by atoms with Crippen molar-refractivity contribution in [3.05, 3.63) is 38.9 Å². The van der Waals surface area contributed by atoms with E-state index in [4.69, 9.17) is 11.6 Å². The molecule has 1 fully saturated rings. The maximum atomic E-state index is 12.6. The molecule has 1 atom stereocenters. The minimum atomic E-state index is -0.712. The molecule has 1 saturated carbocycles. The van der Waals surface area contributed by atoms with Gasteiger partial charge in [0.25, 0.3) is 11.6 Å². The molecule has 0 aliphatic heterocycles. The van der Waals surface area contributed by atoms with Gasteiger partial charge in [-0.1, -0.05) is 44.7 Å². The number of nitrogens with zero attached hydrogens (tertiary/aromatic N) is 1. The van der Waals surface area contributed by atoms with Gasteiger partial charge in [0.2, 0.25) is 5.91 Å². The van der Waals surface area contributed by atoms with Gasteiger partial charge in [-0.2, -0.15) is 0 Å². The summed E-state index contributed by atoms with van der Waals surface area (Å²) in [5.41, 5.74) is -0.246. The van der Waals surface area contributed by atoms with Crippen molar-refractivity contribution in [1.29, 1.82) is 0 Å². The van der Waals surface area contributed by atoms with Gasteiger partial charge in [-0.3, -0.25) is 19.7 Å². The van der Waals surface area contributed by atoms with Crippen molar-refractivity contribution in [1.82, 2.24) is 10.6 Å². The minimum absolute atomic E-state index is 0.0396. The van der Waals surface area contributed by atoms with Crippen LogP contribution in [0.25, 0.3) is 0 Å². The van der Waals surface area contributed by atoms with Crippen LogP contribution < -0.4 is 10.6 Å². The molecule has 148 valence electrons. The van der Waals surface area contributed by atoms with Crippen molar-refractivity contribution in [3.63, 3.8) is 0 Å². The van der Waals surface area contributed by atoms with Gasteiger partial charge in [0, 0.05) is 18.2 Å². The van der Waals surface area contributed by atoms with Crippen molar-refractivity contribution < 1.29 is 14.5 Å². The molecule has 1 aromatic rings. The molecule has 0 bridgehead atoms. The van der Waals surface area contributed by atoms with E-state index >= 15 is 0 Å². The number of hydrogen-bond acceptors (Lipinski definition) is 4. The lowest BCUT2D eigenvalue weighted by atomic mass is 9.89. The number of nitrogens with one attached hydrogen (secondary N) is 2. The third kappa shape index (κ3) is 5.92. The number of hydrogen-bond donors (Lipinski definition) is 2. The lowest BCUT2D eigenvalue weighted by Gasteiger charge is -2.25. The Morgan fingerprint density at radius 1 is 1.26 bits per heavy atom. The minimum Gasteiger partial charge on any atom is -0.354 e. The van der Waals surface area contributed by atoms with Crippen molar-refractivity contribution in [2.45, 2.75) is 52.0 Å². The lowest BCUT2D eigenvalue weighted by molar-refractivity contribution is -0.384. The predicted octanol–water partition coefficient (Wildman–Crippen LogP) is 3.70. The molecule has 0 aromatic heterocycles. The largest absolute Gasteiger partial charge is 0.354 e. The number of amides is 2. The van der Waals surface area contributed by atoms with Crippen LogP contribution in [0.5, 0.6) is 0 Å². The molecule has 1 aliphatic rings. The first-order valence-electron chi connectivity index (χ1n) is 9.32. The fraction of sp³-hybridized carbons (Fsp3) is 0.579. The van der Waals surface area contributed by atoms with Gasteiger partial charge < -0.3 is 10.6 Å². The molecule has 2 rings (SSSR count). The number of carbonyl (C=O) groups is 2. The van der Waals surface area contributed by atoms with Gasteiger partial charge in [-0.15, -0.1) is 0 Å². The molecule has 0 radical (unpaired) electrons. The van der Waals surface area contributed by atoms with Crippen molar-refractivity contribution in [2.24, 2.45) is 11.8 Å². The third-order valence-electron chi connectivity index (χ3n) is 4.93. The average Bonchev–Trinajstić information content (AvgIpc) is 2.64. The fourth-order valence-electron chi connectivity index (χ4n) is 3.30. The van der Waals surface area contributed by atoms with E-state index in [0.717, 1.165) is 18.9 Å². The molecule has 0 unspecified atom stereocenters. The molecule has 0 heterocycles. The maximum Gasteiger partial charge on any atom is 0.288 e. The molecule has 7 nitrogen and oxygen atoms in total. The number of carbonyl (C=O) groups excluding carboxylic acids is 2. The van der Waals surface area contributed by atoms with Crippen LogP contribution in [0, 0.1) is 22.0 Å². The molecule has 27 heavy (non-hydrogen) atoms. The van der Waals surface area contributed by atoms with Crippen LogP contribution in [0.15, 0.2) is 18.2 Å². The highest BCUT2D eigenvalue weighted by Gasteiger charge is 2.26. The monoisotopic (exact) mass is 395 g/mol. The molecule has 2 N–H and O–H groups in total. The second-order valence-electron chi connectivity index (χ2n) is 7.37. The quantitative estimate of drug-likeness (QED) is 0.542. The van der Waals surface area contributed by atoms with Crippen LogP contribution in [-0.4, -0.2) is 29.3 Å².